The minimum atomic E-state index is -0.378. The first-order valence-electron chi connectivity index (χ1n) is 10.1. The van der Waals surface area contributed by atoms with E-state index in [9.17, 15) is 14.4 Å². The van der Waals surface area contributed by atoms with Crippen LogP contribution >= 0.6 is 11.6 Å². The molecule has 1 aromatic heterocycles. The van der Waals surface area contributed by atoms with E-state index in [0.717, 1.165) is 0 Å². The minimum absolute atomic E-state index is 0.0738. The van der Waals surface area contributed by atoms with Crippen LogP contribution in [0.1, 0.15) is 15.9 Å². The van der Waals surface area contributed by atoms with Gasteiger partial charge in [-0.25, -0.2) is 9.37 Å². The number of nitrogens with zero attached hydrogens (tertiary/aromatic N) is 2. The summed E-state index contributed by atoms with van der Waals surface area (Å²) in [4.78, 5) is 17.0. The molecule has 0 saturated heterocycles. The second kappa shape index (κ2) is 9.61. The Morgan fingerprint density at radius 1 is 1.06 bits per heavy atom. The van der Waals surface area contributed by atoms with Crippen LogP contribution in [0.4, 0.5) is 15.9 Å². The molecule has 3 aromatic carbocycles. The van der Waals surface area contributed by atoms with Gasteiger partial charge in [-0.2, -0.15) is 5.26 Å². The number of benzene rings is 3. The standard InChI is InChI=1S/C26H18ClFN4O2/c1-34-24-11-6-17(27)12-21(24)26(33)31-19-9-4-15(5-10-19)20-13-23(32-25(30)22(20)14-29)16-2-7-18(28)8-3-16/h2-13H,1H3,(H2,30,32)(H,31,33). The first kappa shape index (κ1) is 22.8. The zero-order valence-corrected chi connectivity index (χ0v) is 18.7. The molecule has 0 aliphatic carbocycles. The van der Waals surface area contributed by atoms with Crippen molar-refractivity contribution in [3.8, 4) is 34.2 Å². The van der Waals surface area contributed by atoms with E-state index in [-0.39, 0.29) is 23.1 Å². The van der Waals surface area contributed by atoms with Crippen molar-refractivity contribution >= 4 is 29.0 Å². The number of carbonyl (C=O) groups is 1. The fourth-order valence-electron chi connectivity index (χ4n) is 3.47. The van der Waals surface area contributed by atoms with E-state index < -0.39 is 0 Å². The highest BCUT2D eigenvalue weighted by Gasteiger charge is 2.16. The van der Waals surface area contributed by atoms with Gasteiger partial charge in [0.05, 0.1) is 18.4 Å². The van der Waals surface area contributed by atoms with Gasteiger partial charge in [-0.1, -0.05) is 23.7 Å². The summed E-state index contributed by atoms with van der Waals surface area (Å²) in [5.41, 5.74) is 9.57. The number of nitrogen functional groups attached to an aromatic ring is 1. The van der Waals surface area contributed by atoms with E-state index in [1.54, 1.807) is 54.6 Å². The minimum Gasteiger partial charge on any atom is -0.496 e. The molecule has 6 nitrogen and oxygen atoms in total. The van der Waals surface area contributed by atoms with Crippen molar-refractivity contribution in [1.29, 1.82) is 5.26 Å². The van der Waals surface area contributed by atoms with Gasteiger partial charge in [0.15, 0.2) is 0 Å². The zero-order chi connectivity index (χ0) is 24.2. The Kier molecular flexibility index (Phi) is 6.44. The molecule has 1 amide bonds. The quantitative estimate of drug-likeness (QED) is 0.375. The van der Waals surface area contributed by atoms with Crippen molar-refractivity contribution in [2.24, 2.45) is 0 Å². The normalized spacial score (nSPS) is 10.4. The molecule has 8 heteroatoms. The number of ether oxygens (including phenoxy) is 1. The Bertz CT molecular complexity index is 1410. The van der Waals surface area contributed by atoms with Crippen molar-refractivity contribution in [1.82, 2.24) is 4.98 Å². The van der Waals surface area contributed by atoms with E-state index in [2.05, 4.69) is 16.4 Å². The van der Waals surface area contributed by atoms with Crippen LogP contribution in [0.3, 0.4) is 0 Å². The number of hydrogen-bond acceptors (Lipinski definition) is 5. The van der Waals surface area contributed by atoms with Gasteiger partial charge in [-0.3, -0.25) is 4.79 Å². The van der Waals surface area contributed by atoms with Crippen molar-refractivity contribution in [2.75, 3.05) is 18.2 Å². The van der Waals surface area contributed by atoms with E-state index >= 15 is 0 Å². The molecule has 34 heavy (non-hydrogen) atoms. The number of nitriles is 1. The van der Waals surface area contributed by atoms with Gasteiger partial charge < -0.3 is 15.8 Å². The van der Waals surface area contributed by atoms with Gasteiger partial charge in [0.25, 0.3) is 5.91 Å². The molecule has 0 spiro atoms. The molecule has 0 bridgehead atoms. The molecular formula is C26H18ClFN4O2. The molecule has 0 unspecified atom stereocenters. The molecule has 0 aliphatic heterocycles. The number of pyridine rings is 1. The number of nitrogens with one attached hydrogen (secondary N) is 1. The van der Waals surface area contributed by atoms with E-state index in [0.29, 0.717) is 44.4 Å². The molecule has 4 rings (SSSR count). The first-order valence-corrected chi connectivity index (χ1v) is 10.5. The lowest BCUT2D eigenvalue weighted by Crippen LogP contribution is -2.13. The number of amides is 1. The number of aromatic nitrogens is 1. The van der Waals surface area contributed by atoms with Crippen LogP contribution < -0.4 is 15.8 Å². The number of halogens is 2. The van der Waals surface area contributed by atoms with Gasteiger partial charge in [-0.05, 0) is 66.2 Å². The maximum Gasteiger partial charge on any atom is 0.259 e. The lowest BCUT2D eigenvalue weighted by Gasteiger charge is -2.12. The Balaban J connectivity index is 1.65. The number of carbonyl (C=O) groups excluding carboxylic acids is 1. The van der Waals surface area contributed by atoms with Crippen molar-refractivity contribution in [3.05, 3.63) is 94.8 Å². The van der Waals surface area contributed by atoms with Crippen LogP contribution in [0.25, 0.3) is 22.4 Å². The number of hydrogen-bond donors (Lipinski definition) is 2. The molecule has 168 valence electrons. The van der Waals surface area contributed by atoms with Crippen LogP contribution in [0.15, 0.2) is 72.8 Å². The highest BCUT2D eigenvalue weighted by Crippen LogP contribution is 2.32. The summed E-state index contributed by atoms with van der Waals surface area (Å²) in [6.45, 7) is 0. The number of nitrogens with two attached hydrogens (primary N) is 1. The second-order valence-electron chi connectivity index (χ2n) is 7.31. The van der Waals surface area contributed by atoms with Crippen LogP contribution in [0.5, 0.6) is 5.75 Å². The average Bonchev–Trinajstić information content (AvgIpc) is 2.84. The van der Waals surface area contributed by atoms with Gasteiger partial charge >= 0.3 is 0 Å². The average molecular weight is 473 g/mol. The van der Waals surface area contributed by atoms with E-state index in [4.69, 9.17) is 22.1 Å². The van der Waals surface area contributed by atoms with Crippen molar-refractivity contribution < 1.29 is 13.9 Å². The number of methoxy groups -OCH3 is 1. The predicted octanol–water partition coefficient (Wildman–Crippen LogP) is 5.92. The third kappa shape index (κ3) is 4.68. The van der Waals surface area contributed by atoms with Crippen molar-refractivity contribution in [3.63, 3.8) is 0 Å². The maximum atomic E-state index is 13.3. The monoisotopic (exact) mass is 472 g/mol. The smallest absolute Gasteiger partial charge is 0.259 e. The molecular weight excluding hydrogens is 455 g/mol. The summed E-state index contributed by atoms with van der Waals surface area (Å²) in [5.74, 6) is -0.266. The highest BCUT2D eigenvalue weighted by atomic mass is 35.5. The summed E-state index contributed by atoms with van der Waals surface area (Å²) in [6, 6.07) is 21.4. The third-order valence-electron chi connectivity index (χ3n) is 5.16. The number of anilines is 2. The lowest BCUT2D eigenvalue weighted by molar-refractivity contribution is 0.102. The fraction of sp³-hybridized carbons (Fsp3) is 0.0385. The summed E-state index contributed by atoms with van der Waals surface area (Å²) < 4.78 is 18.6. The van der Waals surface area contributed by atoms with E-state index in [1.807, 2.05) is 0 Å². The molecule has 0 aliphatic rings. The topological polar surface area (TPSA) is 101 Å². The second-order valence-corrected chi connectivity index (χ2v) is 7.75. The van der Waals surface area contributed by atoms with Crippen LogP contribution in [0.2, 0.25) is 5.02 Å². The lowest BCUT2D eigenvalue weighted by atomic mass is 9.98. The molecule has 4 aromatic rings. The third-order valence-corrected chi connectivity index (χ3v) is 5.39. The Morgan fingerprint density at radius 2 is 1.74 bits per heavy atom. The molecule has 0 atom stereocenters. The predicted molar refractivity (Wildman–Crippen MR) is 130 cm³/mol. The van der Waals surface area contributed by atoms with Crippen LogP contribution in [0, 0.1) is 17.1 Å². The summed E-state index contributed by atoms with van der Waals surface area (Å²) in [7, 11) is 1.47. The summed E-state index contributed by atoms with van der Waals surface area (Å²) >= 11 is 6.02. The molecule has 0 fully saturated rings. The largest absolute Gasteiger partial charge is 0.496 e. The number of rotatable bonds is 5. The van der Waals surface area contributed by atoms with E-state index in [1.165, 1.54) is 25.3 Å². The first-order chi connectivity index (χ1) is 16.4. The molecule has 1 heterocycles. The Labute approximate surface area is 200 Å². The summed E-state index contributed by atoms with van der Waals surface area (Å²) in [6.07, 6.45) is 0. The zero-order valence-electron chi connectivity index (χ0n) is 18.0. The molecule has 0 saturated carbocycles. The molecule has 3 N–H and O–H groups in total. The van der Waals surface area contributed by atoms with Crippen LogP contribution in [-0.2, 0) is 0 Å². The molecule has 0 radical (unpaired) electrons. The Morgan fingerprint density at radius 3 is 2.38 bits per heavy atom. The van der Waals surface area contributed by atoms with Gasteiger partial charge in [0, 0.05) is 21.8 Å². The van der Waals surface area contributed by atoms with Gasteiger partial charge in [0.1, 0.15) is 29.0 Å². The summed E-state index contributed by atoms with van der Waals surface area (Å²) in [5, 5.41) is 12.9. The SMILES string of the molecule is COc1ccc(Cl)cc1C(=O)Nc1ccc(-c2cc(-c3ccc(F)cc3)nc(N)c2C#N)cc1. The van der Waals surface area contributed by atoms with Gasteiger partial charge in [0.2, 0.25) is 0 Å². The highest BCUT2D eigenvalue weighted by molar-refractivity contribution is 6.31. The Hall–Kier alpha value is -4.41. The van der Waals surface area contributed by atoms with Gasteiger partial charge in [-0.15, -0.1) is 0 Å². The maximum absolute atomic E-state index is 13.3. The fourth-order valence-corrected chi connectivity index (χ4v) is 3.64. The van der Waals surface area contributed by atoms with Crippen molar-refractivity contribution in [2.45, 2.75) is 0 Å². The van der Waals surface area contributed by atoms with Crippen LogP contribution in [-0.4, -0.2) is 18.0 Å².